The van der Waals surface area contributed by atoms with Crippen molar-refractivity contribution in [1.29, 1.82) is 0 Å². The fraction of sp³-hybridized carbons (Fsp3) is 0.0870. The minimum Gasteiger partial charge on any atom is -0.508 e. The van der Waals surface area contributed by atoms with Gasteiger partial charge in [0.05, 0.1) is 0 Å². The van der Waals surface area contributed by atoms with Crippen molar-refractivity contribution in [3.05, 3.63) is 101 Å². The Bertz CT molecular complexity index is 1100. The highest BCUT2D eigenvalue weighted by atomic mass is 16.3. The quantitative estimate of drug-likeness (QED) is 0.589. The van der Waals surface area contributed by atoms with Crippen LogP contribution in [-0.4, -0.2) is 9.67 Å². The molecule has 0 atom stereocenters. The molecule has 0 bridgehead atoms. The fourth-order valence-corrected chi connectivity index (χ4v) is 3.19. The van der Waals surface area contributed by atoms with Gasteiger partial charge in [0.25, 0.3) is 5.56 Å². The van der Waals surface area contributed by atoms with E-state index in [4.69, 9.17) is 0 Å². The number of aromatic nitrogens is 1. The Morgan fingerprint density at radius 1 is 0.808 bits per heavy atom. The van der Waals surface area contributed by atoms with Crippen molar-refractivity contribution in [3.8, 4) is 16.9 Å². The number of pyridine rings is 1. The number of phenols is 1. The first-order chi connectivity index (χ1) is 12.7. The summed E-state index contributed by atoms with van der Waals surface area (Å²) in [5.74, 6) is 0.246. The van der Waals surface area contributed by atoms with Gasteiger partial charge < -0.3 is 9.67 Å². The maximum atomic E-state index is 12.8. The first-order valence-corrected chi connectivity index (χ1v) is 8.67. The van der Waals surface area contributed by atoms with E-state index in [0.717, 1.165) is 28.3 Å². The highest BCUT2D eigenvalue weighted by Crippen LogP contribution is 2.24. The standard InChI is InChI=1S/C23H19NO2/c25-21-9-6-18(7-10-21)19-8-11-22-20(16-19)13-15-24(23(22)26)14-12-17-4-2-1-3-5-17/h1-11,13,15-16,25H,12,14H2. The van der Waals surface area contributed by atoms with Crippen molar-refractivity contribution >= 4 is 10.8 Å². The summed E-state index contributed by atoms with van der Waals surface area (Å²) in [4.78, 5) is 12.8. The van der Waals surface area contributed by atoms with Crippen LogP contribution in [0.1, 0.15) is 5.56 Å². The Morgan fingerprint density at radius 3 is 2.31 bits per heavy atom. The molecule has 1 N–H and O–H groups in total. The van der Waals surface area contributed by atoms with E-state index >= 15 is 0 Å². The summed E-state index contributed by atoms with van der Waals surface area (Å²) in [6, 6.07) is 25.1. The smallest absolute Gasteiger partial charge is 0.258 e. The second-order valence-corrected chi connectivity index (χ2v) is 6.40. The minimum atomic E-state index is 0.0377. The van der Waals surface area contributed by atoms with E-state index in [-0.39, 0.29) is 11.3 Å². The van der Waals surface area contributed by atoms with E-state index in [2.05, 4.69) is 12.1 Å². The number of aromatic hydroxyl groups is 1. The lowest BCUT2D eigenvalue weighted by Gasteiger charge is -2.09. The highest BCUT2D eigenvalue weighted by molar-refractivity contribution is 5.86. The molecule has 128 valence electrons. The van der Waals surface area contributed by atoms with Crippen molar-refractivity contribution in [2.75, 3.05) is 0 Å². The van der Waals surface area contributed by atoms with Crippen molar-refractivity contribution < 1.29 is 5.11 Å². The average molecular weight is 341 g/mol. The molecular weight excluding hydrogens is 322 g/mol. The number of benzene rings is 3. The molecule has 0 saturated heterocycles. The molecule has 3 aromatic carbocycles. The van der Waals surface area contributed by atoms with Crippen molar-refractivity contribution in [1.82, 2.24) is 4.57 Å². The van der Waals surface area contributed by atoms with Crippen LogP contribution in [0.15, 0.2) is 89.9 Å². The number of hydrogen-bond acceptors (Lipinski definition) is 2. The fourth-order valence-electron chi connectivity index (χ4n) is 3.19. The molecular formula is C23H19NO2. The summed E-state index contributed by atoms with van der Waals surface area (Å²) in [7, 11) is 0. The third kappa shape index (κ3) is 3.24. The zero-order chi connectivity index (χ0) is 17.9. The molecule has 3 nitrogen and oxygen atoms in total. The van der Waals surface area contributed by atoms with Gasteiger partial charge in [-0.15, -0.1) is 0 Å². The van der Waals surface area contributed by atoms with E-state index < -0.39 is 0 Å². The Kier molecular flexibility index (Phi) is 4.28. The molecule has 0 aliphatic heterocycles. The second-order valence-electron chi connectivity index (χ2n) is 6.40. The van der Waals surface area contributed by atoms with Crippen LogP contribution in [0.3, 0.4) is 0 Å². The van der Waals surface area contributed by atoms with Gasteiger partial charge in [-0.05, 0) is 58.8 Å². The van der Waals surface area contributed by atoms with Crippen molar-refractivity contribution in [2.45, 2.75) is 13.0 Å². The monoisotopic (exact) mass is 341 g/mol. The lowest BCUT2D eigenvalue weighted by molar-refractivity contribution is 0.475. The molecule has 0 amide bonds. The zero-order valence-electron chi connectivity index (χ0n) is 14.3. The van der Waals surface area contributed by atoms with Gasteiger partial charge in [-0.25, -0.2) is 0 Å². The summed E-state index contributed by atoms with van der Waals surface area (Å²) in [6.07, 6.45) is 2.70. The maximum Gasteiger partial charge on any atom is 0.258 e. The van der Waals surface area contributed by atoms with Gasteiger partial charge >= 0.3 is 0 Å². The Balaban J connectivity index is 1.64. The summed E-state index contributed by atoms with van der Waals surface area (Å²) in [5.41, 5.74) is 3.30. The van der Waals surface area contributed by atoms with Crippen LogP contribution in [-0.2, 0) is 13.0 Å². The number of nitrogens with zero attached hydrogens (tertiary/aromatic N) is 1. The first kappa shape index (κ1) is 16.2. The van der Waals surface area contributed by atoms with Crippen LogP contribution in [0.2, 0.25) is 0 Å². The maximum absolute atomic E-state index is 12.8. The lowest BCUT2D eigenvalue weighted by atomic mass is 10.0. The molecule has 1 heterocycles. The molecule has 4 aromatic rings. The molecule has 0 fully saturated rings. The minimum absolute atomic E-state index is 0.0377. The largest absolute Gasteiger partial charge is 0.508 e. The topological polar surface area (TPSA) is 42.2 Å². The van der Waals surface area contributed by atoms with Gasteiger partial charge in [0, 0.05) is 18.1 Å². The van der Waals surface area contributed by atoms with Gasteiger partial charge in [-0.2, -0.15) is 0 Å². The molecule has 0 saturated carbocycles. The third-order valence-electron chi connectivity index (χ3n) is 4.66. The second kappa shape index (κ2) is 6.89. The summed E-state index contributed by atoms with van der Waals surface area (Å²) in [6.45, 7) is 0.665. The summed E-state index contributed by atoms with van der Waals surface area (Å²) < 4.78 is 1.77. The molecule has 26 heavy (non-hydrogen) atoms. The van der Waals surface area contributed by atoms with Crippen LogP contribution >= 0.6 is 0 Å². The van der Waals surface area contributed by atoms with Gasteiger partial charge in [0.1, 0.15) is 5.75 Å². The van der Waals surface area contributed by atoms with E-state index in [1.807, 2.05) is 60.8 Å². The molecule has 0 spiro atoms. The lowest BCUT2D eigenvalue weighted by Crippen LogP contribution is -2.20. The number of phenolic OH excluding ortho intramolecular Hbond substituents is 1. The van der Waals surface area contributed by atoms with Crippen LogP contribution in [0.5, 0.6) is 5.75 Å². The predicted molar refractivity (Wildman–Crippen MR) is 105 cm³/mol. The molecule has 0 unspecified atom stereocenters. The Hall–Kier alpha value is -3.33. The molecule has 0 aliphatic carbocycles. The van der Waals surface area contributed by atoms with E-state index in [9.17, 15) is 9.90 Å². The number of fused-ring (bicyclic) bond motifs is 1. The average Bonchev–Trinajstić information content (AvgIpc) is 2.69. The van der Waals surface area contributed by atoms with Crippen LogP contribution in [0, 0.1) is 0 Å². The predicted octanol–water partition coefficient (Wildman–Crippen LogP) is 4.62. The molecule has 4 rings (SSSR count). The summed E-state index contributed by atoms with van der Waals surface area (Å²) in [5, 5.41) is 11.1. The first-order valence-electron chi connectivity index (χ1n) is 8.67. The Labute approximate surface area is 151 Å². The number of hydrogen-bond donors (Lipinski definition) is 1. The van der Waals surface area contributed by atoms with Gasteiger partial charge in [-0.1, -0.05) is 48.5 Å². The molecule has 0 aliphatic rings. The van der Waals surface area contributed by atoms with Gasteiger partial charge in [-0.3, -0.25) is 4.79 Å². The number of rotatable bonds is 4. The Morgan fingerprint density at radius 2 is 1.54 bits per heavy atom. The van der Waals surface area contributed by atoms with E-state index in [1.54, 1.807) is 16.7 Å². The van der Waals surface area contributed by atoms with Crippen LogP contribution < -0.4 is 5.56 Å². The van der Waals surface area contributed by atoms with Crippen LogP contribution in [0.25, 0.3) is 21.9 Å². The van der Waals surface area contributed by atoms with Crippen molar-refractivity contribution in [3.63, 3.8) is 0 Å². The van der Waals surface area contributed by atoms with Gasteiger partial charge in [0.2, 0.25) is 0 Å². The molecule has 1 aromatic heterocycles. The van der Waals surface area contributed by atoms with Crippen LogP contribution in [0.4, 0.5) is 0 Å². The third-order valence-corrected chi connectivity index (χ3v) is 4.66. The zero-order valence-corrected chi connectivity index (χ0v) is 14.3. The van der Waals surface area contributed by atoms with Crippen molar-refractivity contribution in [2.24, 2.45) is 0 Å². The molecule has 3 heteroatoms. The van der Waals surface area contributed by atoms with E-state index in [0.29, 0.717) is 6.54 Å². The number of aryl methyl sites for hydroxylation is 2. The highest BCUT2D eigenvalue weighted by Gasteiger charge is 2.06. The normalized spacial score (nSPS) is 10.9. The summed E-state index contributed by atoms with van der Waals surface area (Å²) >= 11 is 0. The van der Waals surface area contributed by atoms with E-state index in [1.165, 1.54) is 5.56 Å². The van der Waals surface area contributed by atoms with Gasteiger partial charge in [0.15, 0.2) is 0 Å². The molecule has 0 radical (unpaired) electrons. The SMILES string of the molecule is O=c1c2ccc(-c3ccc(O)cc3)cc2ccn1CCc1ccccc1.